The Hall–Kier alpha value is -2.49. The molecule has 0 aliphatic carbocycles. The van der Waals surface area contributed by atoms with Gasteiger partial charge in [-0.05, 0) is 35.7 Å². The monoisotopic (exact) mass is 374 g/mol. The van der Waals surface area contributed by atoms with Crippen LogP contribution in [-0.4, -0.2) is 36.0 Å². The summed E-state index contributed by atoms with van der Waals surface area (Å²) in [6.45, 7) is 7.24. The lowest BCUT2D eigenvalue weighted by molar-refractivity contribution is 0.105. The summed E-state index contributed by atoms with van der Waals surface area (Å²) in [4.78, 5) is 5.05. The van der Waals surface area contributed by atoms with Gasteiger partial charge in [0.1, 0.15) is 5.82 Å². The summed E-state index contributed by atoms with van der Waals surface area (Å²) >= 11 is 0. The molecule has 1 aliphatic heterocycles. The van der Waals surface area contributed by atoms with E-state index < -0.39 is 0 Å². The van der Waals surface area contributed by atoms with Crippen LogP contribution in [0.15, 0.2) is 78.9 Å². The van der Waals surface area contributed by atoms with Crippen LogP contribution in [0.2, 0.25) is 0 Å². The topological polar surface area (TPSA) is 6.48 Å². The van der Waals surface area contributed by atoms with E-state index in [1.54, 1.807) is 12.1 Å². The van der Waals surface area contributed by atoms with Gasteiger partial charge in [0.15, 0.2) is 0 Å². The van der Waals surface area contributed by atoms with Crippen molar-refractivity contribution in [2.45, 2.75) is 19.5 Å². The number of benzene rings is 3. The second-order valence-corrected chi connectivity index (χ2v) is 7.67. The van der Waals surface area contributed by atoms with Gasteiger partial charge in [0.2, 0.25) is 0 Å². The highest BCUT2D eigenvalue weighted by atomic mass is 19.1. The van der Waals surface area contributed by atoms with Crippen LogP contribution in [-0.2, 0) is 6.54 Å². The molecule has 0 amide bonds. The van der Waals surface area contributed by atoms with Crippen molar-refractivity contribution in [3.8, 4) is 0 Å². The summed E-state index contributed by atoms with van der Waals surface area (Å²) in [6, 6.07) is 26.5. The molecule has 4 rings (SSSR count). The summed E-state index contributed by atoms with van der Waals surface area (Å²) in [5.74, 6) is -0.182. The van der Waals surface area contributed by atoms with Crippen LogP contribution < -0.4 is 0 Å². The summed E-state index contributed by atoms with van der Waals surface area (Å²) in [5.41, 5.74) is 5.11. The van der Waals surface area contributed by atoms with Gasteiger partial charge in [0.25, 0.3) is 0 Å². The predicted octanol–water partition coefficient (Wildman–Crippen LogP) is 5.04. The van der Waals surface area contributed by atoms with Gasteiger partial charge in [-0.3, -0.25) is 9.80 Å². The molecule has 0 saturated carbocycles. The zero-order chi connectivity index (χ0) is 19.3. The van der Waals surface area contributed by atoms with E-state index in [4.69, 9.17) is 0 Å². The Morgan fingerprint density at radius 1 is 0.786 bits per heavy atom. The number of nitrogens with zero attached hydrogens (tertiary/aromatic N) is 2. The first kappa shape index (κ1) is 18.9. The Labute approximate surface area is 167 Å². The van der Waals surface area contributed by atoms with Crippen molar-refractivity contribution in [2.75, 3.05) is 26.2 Å². The molecule has 3 aromatic rings. The van der Waals surface area contributed by atoms with Gasteiger partial charge < -0.3 is 0 Å². The van der Waals surface area contributed by atoms with Crippen molar-refractivity contribution in [1.29, 1.82) is 0 Å². The summed E-state index contributed by atoms with van der Waals surface area (Å²) in [5, 5.41) is 0. The Morgan fingerprint density at radius 2 is 1.46 bits per heavy atom. The standard InChI is InChI=1S/C25H27FN2/c1-20-6-5-7-21(18-20)19-27-14-16-28(17-15-27)25(22-8-3-2-4-9-22)23-10-12-24(26)13-11-23/h2-13,18,25H,14-17,19H2,1H3. The van der Waals surface area contributed by atoms with Gasteiger partial charge in [0, 0.05) is 32.7 Å². The number of rotatable bonds is 5. The normalized spacial score (nSPS) is 16.8. The van der Waals surface area contributed by atoms with Crippen molar-refractivity contribution in [3.05, 3.63) is 107 Å². The molecule has 0 radical (unpaired) electrons. The first-order valence-corrected chi connectivity index (χ1v) is 10.0. The first-order valence-electron chi connectivity index (χ1n) is 10.0. The maximum Gasteiger partial charge on any atom is 0.123 e. The molecular weight excluding hydrogens is 347 g/mol. The van der Waals surface area contributed by atoms with E-state index in [-0.39, 0.29) is 11.9 Å². The number of halogens is 1. The molecule has 28 heavy (non-hydrogen) atoms. The molecule has 1 unspecified atom stereocenters. The molecule has 1 atom stereocenters. The van der Waals surface area contributed by atoms with Crippen LogP contribution in [0.1, 0.15) is 28.3 Å². The minimum Gasteiger partial charge on any atom is -0.297 e. The lowest BCUT2D eigenvalue weighted by Gasteiger charge is -2.40. The Morgan fingerprint density at radius 3 is 2.14 bits per heavy atom. The molecule has 3 aromatic carbocycles. The third kappa shape index (κ3) is 4.49. The van der Waals surface area contributed by atoms with E-state index in [9.17, 15) is 4.39 Å². The minimum atomic E-state index is -0.182. The lowest BCUT2D eigenvalue weighted by atomic mass is 9.96. The van der Waals surface area contributed by atoms with Crippen molar-refractivity contribution in [3.63, 3.8) is 0 Å². The fraction of sp³-hybridized carbons (Fsp3) is 0.280. The average molecular weight is 375 g/mol. The van der Waals surface area contributed by atoms with E-state index in [2.05, 4.69) is 65.3 Å². The second kappa shape index (κ2) is 8.68. The maximum atomic E-state index is 13.5. The van der Waals surface area contributed by atoms with Crippen molar-refractivity contribution < 1.29 is 4.39 Å². The van der Waals surface area contributed by atoms with E-state index in [0.29, 0.717) is 0 Å². The molecule has 3 heteroatoms. The first-order chi connectivity index (χ1) is 13.7. The number of hydrogen-bond acceptors (Lipinski definition) is 2. The quantitative estimate of drug-likeness (QED) is 0.617. The number of piperazine rings is 1. The zero-order valence-electron chi connectivity index (χ0n) is 16.4. The van der Waals surface area contributed by atoms with Gasteiger partial charge in [-0.1, -0.05) is 72.3 Å². The number of hydrogen-bond donors (Lipinski definition) is 0. The van der Waals surface area contributed by atoms with Crippen LogP contribution in [0.4, 0.5) is 4.39 Å². The van der Waals surface area contributed by atoms with E-state index >= 15 is 0 Å². The van der Waals surface area contributed by atoms with Gasteiger partial charge >= 0.3 is 0 Å². The van der Waals surface area contributed by atoms with E-state index in [0.717, 1.165) is 38.3 Å². The van der Waals surface area contributed by atoms with Crippen LogP contribution in [0.5, 0.6) is 0 Å². The van der Waals surface area contributed by atoms with Crippen LogP contribution in [0.25, 0.3) is 0 Å². The SMILES string of the molecule is Cc1cccc(CN2CCN(C(c3ccccc3)c3ccc(F)cc3)CC2)c1. The fourth-order valence-electron chi connectivity index (χ4n) is 4.14. The Bertz CT molecular complexity index is 884. The van der Waals surface area contributed by atoms with Crippen LogP contribution in [0, 0.1) is 12.7 Å². The third-order valence-corrected chi connectivity index (χ3v) is 5.56. The molecule has 0 N–H and O–H groups in total. The zero-order valence-corrected chi connectivity index (χ0v) is 16.4. The summed E-state index contributed by atoms with van der Waals surface area (Å²) < 4.78 is 13.5. The van der Waals surface area contributed by atoms with Crippen molar-refractivity contribution >= 4 is 0 Å². The fourth-order valence-corrected chi connectivity index (χ4v) is 4.14. The summed E-state index contributed by atoms with van der Waals surface area (Å²) in [6.07, 6.45) is 0. The largest absolute Gasteiger partial charge is 0.297 e. The average Bonchev–Trinajstić information content (AvgIpc) is 2.72. The second-order valence-electron chi connectivity index (χ2n) is 7.67. The van der Waals surface area contributed by atoms with Crippen molar-refractivity contribution in [1.82, 2.24) is 9.80 Å². The predicted molar refractivity (Wildman–Crippen MR) is 113 cm³/mol. The van der Waals surface area contributed by atoms with Crippen LogP contribution >= 0.6 is 0 Å². The van der Waals surface area contributed by atoms with Gasteiger partial charge in [-0.15, -0.1) is 0 Å². The highest BCUT2D eigenvalue weighted by Gasteiger charge is 2.26. The molecule has 1 aliphatic rings. The highest BCUT2D eigenvalue weighted by molar-refractivity contribution is 5.32. The van der Waals surface area contributed by atoms with E-state index in [1.807, 2.05) is 18.2 Å². The highest BCUT2D eigenvalue weighted by Crippen LogP contribution is 2.30. The molecule has 1 saturated heterocycles. The minimum absolute atomic E-state index is 0.169. The molecule has 1 heterocycles. The molecular formula is C25H27FN2. The molecule has 0 aromatic heterocycles. The van der Waals surface area contributed by atoms with Gasteiger partial charge in [0.05, 0.1) is 6.04 Å². The molecule has 0 bridgehead atoms. The van der Waals surface area contributed by atoms with Crippen LogP contribution in [0.3, 0.4) is 0 Å². The Kier molecular flexibility index (Phi) is 5.84. The molecule has 144 valence electrons. The lowest BCUT2D eigenvalue weighted by Crippen LogP contribution is -2.47. The third-order valence-electron chi connectivity index (χ3n) is 5.56. The number of aryl methyl sites for hydroxylation is 1. The molecule has 0 spiro atoms. The van der Waals surface area contributed by atoms with E-state index in [1.165, 1.54) is 16.7 Å². The smallest absolute Gasteiger partial charge is 0.123 e. The molecule has 2 nitrogen and oxygen atoms in total. The molecule has 1 fully saturated rings. The Balaban J connectivity index is 1.48. The maximum absolute atomic E-state index is 13.5. The van der Waals surface area contributed by atoms with Gasteiger partial charge in [-0.25, -0.2) is 4.39 Å². The summed E-state index contributed by atoms with van der Waals surface area (Å²) in [7, 11) is 0. The van der Waals surface area contributed by atoms with Gasteiger partial charge in [-0.2, -0.15) is 0 Å². The van der Waals surface area contributed by atoms with Crippen molar-refractivity contribution in [2.24, 2.45) is 0 Å².